The first kappa shape index (κ1) is 14.9. The number of hydrogen-bond donors (Lipinski definition) is 0. The topological polar surface area (TPSA) is 38.8 Å². The van der Waals surface area contributed by atoms with Crippen molar-refractivity contribution < 1.29 is 14.3 Å². The van der Waals surface area contributed by atoms with Crippen molar-refractivity contribution in [2.24, 2.45) is 0 Å². The minimum Gasteiger partial charge on any atom is -0.481 e. The van der Waals surface area contributed by atoms with Gasteiger partial charge in [0.25, 0.3) is 5.91 Å². The summed E-state index contributed by atoms with van der Waals surface area (Å²) in [5.41, 5.74) is 1.12. The van der Waals surface area contributed by atoms with E-state index in [1.165, 1.54) is 0 Å². The Balaban J connectivity index is 1.98. The molecule has 1 amide bonds. The van der Waals surface area contributed by atoms with Crippen LogP contribution in [0.2, 0.25) is 0 Å². The molecule has 1 aliphatic rings. The fourth-order valence-corrected chi connectivity index (χ4v) is 2.56. The summed E-state index contributed by atoms with van der Waals surface area (Å²) in [4.78, 5) is 14.3. The highest BCUT2D eigenvalue weighted by Crippen LogP contribution is 2.17. The monoisotopic (exact) mass is 277 g/mol. The van der Waals surface area contributed by atoms with Crippen LogP contribution in [-0.2, 0) is 9.53 Å². The van der Waals surface area contributed by atoms with Crippen LogP contribution in [0.25, 0.3) is 0 Å². The molecule has 0 aliphatic carbocycles. The number of hydrogen-bond acceptors (Lipinski definition) is 3. The second-order valence-electron chi connectivity index (χ2n) is 5.58. The predicted molar refractivity (Wildman–Crippen MR) is 77.9 cm³/mol. The van der Waals surface area contributed by atoms with Gasteiger partial charge in [0.1, 0.15) is 5.75 Å². The Labute approximate surface area is 120 Å². The van der Waals surface area contributed by atoms with Gasteiger partial charge in [-0.1, -0.05) is 12.1 Å². The van der Waals surface area contributed by atoms with E-state index in [2.05, 4.69) is 0 Å². The van der Waals surface area contributed by atoms with Crippen molar-refractivity contribution in [3.8, 4) is 5.75 Å². The van der Waals surface area contributed by atoms with Crippen molar-refractivity contribution >= 4 is 5.91 Å². The SMILES string of the molecule is Cc1cccc(O[C@H](C)C(=O)N2C[C@@H](C)O[C@@H](C)C2)c1. The third kappa shape index (κ3) is 3.73. The van der Waals surface area contributed by atoms with Crippen LogP contribution in [0, 0.1) is 6.92 Å². The lowest BCUT2D eigenvalue weighted by Crippen LogP contribution is -2.51. The zero-order valence-corrected chi connectivity index (χ0v) is 12.6. The van der Waals surface area contributed by atoms with Gasteiger partial charge in [0.2, 0.25) is 0 Å². The lowest BCUT2D eigenvalue weighted by atomic mass is 10.2. The van der Waals surface area contributed by atoms with E-state index in [1.54, 1.807) is 6.92 Å². The zero-order valence-electron chi connectivity index (χ0n) is 12.6. The first-order valence-electron chi connectivity index (χ1n) is 7.13. The third-order valence-corrected chi connectivity index (χ3v) is 3.38. The lowest BCUT2D eigenvalue weighted by molar-refractivity contribution is -0.149. The van der Waals surface area contributed by atoms with Crippen molar-refractivity contribution in [1.29, 1.82) is 0 Å². The first-order chi connectivity index (χ1) is 9.45. The van der Waals surface area contributed by atoms with Crippen molar-refractivity contribution in [3.05, 3.63) is 29.8 Å². The molecule has 0 bridgehead atoms. The van der Waals surface area contributed by atoms with Gasteiger partial charge in [-0.15, -0.1) is 0 Å². The molecule has 1 saturated heterocycles. The second-order valence-corrected chi connectivity index (χ2v) is 5.58. The average molecular weight is 277 g/mol. The highest BCUT2D eigenvalue weighted by atomic mass is 16.5. The van der Waals surface area contributed by atoms with E-state index in [-0.39, 0.29) is 18.1 Å². The summed E-state index contributed by atoms with van der Waals surface area (Å²) in [5.74, 6) is 0.758. The molecule has 0 unspecified atom stereocenters. The number of nitrogens with zero attached hydrogens (tertiary/aromatic N) is 1. The van der Waals surface area contributed by atoms with E-state index in [1.807, 2.05) is 49.9 Å². The minimum absolute atomic E-state index is 0.0218. The summed E-state index contributed by atoms with van der Waals surface area (Å²) in [6.45, 7) is 9.04. The third-order valence-electron chi connectivity index (χ3n) is 3.38. The molecule has 1 aromatic rings. The molecule has 4 nitrogen and oxygen atoms in total. The fraction of sp³-hybridized carbons (Fsp3) is 0.562. The van der Waals surface area contributed by atoms with Crippen LogP contribution in [0.15, 0.2) is 24.3 Å². The average Bonchev–Trinajstić information content (AvgIpc) is 2.36. The van der Waals surface area contributed by atoms with Crippen LogP contribution >= 0.6 is 0 Å². The van der Waals surface area contributed by atoms with E-state index in [0.29, 0.717) is 13.1 Å². The van der Waals surface area contributed by atoms with E-state index >= 15 is 0 Å². The molecule has 110 valence electrons. The molecule has 20 heavy (non-hydrogen) atoms. The van der Waals surface area contributed by atoms with E-state index in [4.69, 9.17) is 9.47 Å². The maximum Gasteiger partial charge on any atom is 0.263 e. The van der Waals surface area contributed by atoms with Crippen LogP contribution in [-0.4, -0.2) is 42.2 Å². The van der Waals surface area contributed by atoms with E-state index < -0.39 is 6.10 Å². The Morgan fingerprint density at radius 2 is 2.00 bits per heavy atom. The summed E-state index contributed by atoms with van der Waals surface area (Å²) < 4.78 is 11.4. The van der Waals surface area contributed by atoms with Gasteiger partial charge >= 0.3 is 0 Å². The largest absolute Gasteiger partial charge is 0.481 e. The summed E-state index contributed by atoms with van der Waals surface area (Å²) >= 11 is 0. The second kappa shape index (κ2) is 6.27. The van der Waals surface area contributed by atoms with Gasteiger partial charge in [-0.2, -0.15) is 0 Å². The van der Waals surface area contributed by atoms with Crippen LogP contribution in [0.4, 0.5) is 0 Å². The van der Waals surface area contributed by atoms with Crippen LogP contribution in [0.1, 0.15) is 26.3 Å². The number of rotatable bonds is 3. The number of aryl methyl sites for hydroxylation is 1. The predicted octanol–water partition coefficient (Wildman–Crippen LogP) is 2.40. The Morgan fingerprint density at radius 3 is 2.60 bits per heavy atom. The molecule has 1 heterocycles. The van der Waals surface area contributed by atoms with Crippen molar-refractivity contribution in [2.75, 3.05) is 13.1 Å². The van der Waals surface area contributed by atoms with E-state index in [9.17, 15) is 4.79 Å². The Hall–Kier alpha value is -1.55. The van der Waals surface area contributed by atoms with Crippen LogP contribution in [0.3, 0.4) is 0 Å². The van der Waals surface area contributed by atoms with Crippen LogP contribution in [0.5, 0.6) is 5.75 Å². The molecule has 0 spiro atoms. The number of amides is 1. The summed E-state index contributed by atoms with van der Waals surface area (Å²) in [7, 11) is 0. The molecule has 1 aromatic carbocycles. The maximum absolute atomic E-state index is 12.4. The highest BCUT2D eigenvalue weighted by Gasteiger charge is 2.29. The van der Waals surface area contributed by atoms with Crippen molar-refractivity contribution in [3.63, 3.8) is 0 Å². The lowest BCUT2D eigenvalue weighted by Gasteiger charge is -2.36. The smallest absolute Gasteiger partial charge is 0.263 e. The molecule has 4 heteroatoms. The van der Waals surface area contributed by atoms with Gasteiger partial charge in [-0.25, -0.2) is 0 Å². The van der Waals surface area contributed by atoms with Gasteiger partial charge < -0.3 is 14.4 Å². The van der Waals surface area contributed by atoms with Crippen LogP contribution < -0.4 is 4.74 Å². The summed E-state index contributed by atoms with van der Waals surface area (Å²) in [6.07, 6.45) is -0.322. The zero-order chi connectivity index (χ0) is 14.7. The summed E-state index contributed by atoms with van der Waals surface area (Å²) in [6, 6.07) is 7.75. The number of ether oxygens (including phenoxy) is 2. The van der Waals surface area contributed by atoms with Gasteiger partial charge in [-0.05, 0) is 45.4 Å². The van der Waals surface area contributed by atoms with Gasteiger partial charge in [-0.3, -0.25) is 4.79 Å². The number of benzene rings is 1. The summed E-state index contributed by atoms with van der Waals surface area (Å²) in [5, 5.41) is 0. The maximum atomic E-state index is 12.4. The quantitative estimate of drug-likeness (QED) is 0.851. The molecule has 2 rings (SSSR count). The van der Waals surface area contributed by atoms with Gasteiger partial charge in [0, 0.05) is 13.1 Å². The Morgan fingerprint density at radius 1 is 1.35 bits per heavy atom. The first-order valence-corrected chi connectivity index (χ1v) is 7.13. The van der Waals surface area contributed by atoms with Gasteiger partial charge in [0.05, 0.1) is 12.2 Å². The molecule has 0 aromatic heterocycles. The molecule has 0 N–H and O–H groups in total. The molecule has 1 fully saturated rings. The minimum atomic E-state index is -0.478. The fourth-order valence-electron chi connectivity index (χ4n) is 2.56. The molecule has 0 radical (unpaired) electrons. The Kier molecular flexibility index (Phi) is 4.65. The number of carbonyl (C=O) groups is 1. The highest BCUT2D eigenvalue weighted by molar-refractivity contribution is 5.81. The molecule has 1 aliphatic heterocycles. The molecular weight excluding hydrogens is 254 g/mol. The molecular formula is C16H23NO3. The standard InChI is InChI=1S/C16H23NO3/c1-11-6-5-7-15(8-11)20-14(4)16(18)17-9-12(2)19-13(3)10-17/h5-8,12-14H,9-10H2,1-4H3/t12-,13+,14-/m1/s1. The normalized spacial score (nSPS) is 24.3. The molecule has 0 saturated carbocycles. The number of morpholine rings is 1. The Bertz CT molecular complexity index is 465. The van der Waals surface area contributed by atoms with E-state index in [0.717, 1.165) is 11.3 Å². The van der Waals surface area contributed by atoms with Crippen molar-refractivity contribution in [1.82, 2.24) is 4.90 Å². The van der Waals surface area contributed by atoms with Gasteiger partial charge in [0.15, 0.2) is 6.10 Å². The van der Waals surface area contributed by atoms with Crippen molar-refractivity contribution in [2.45, 2.75) is 46.0 Å². The number of carbonyl (C=O) groups excluding carboxylic acids is 1. The molecule has 3 atom stereocenters.